The molecule has 0 bridgehead atoms. The maximum Gasteiger partial charge on any atom is 0.282 e. The zero-order chi connectivity index (χ0) is 15.5. The molecule has 0 spiro atoms. The Kier molecular flexibility index (Phi) is 4.74. The van der Waals surface area contributed by atoms with E-state index < -0.39 is 0 Å². The van der Waals surface area contributed by atoms with Crippen LogP contribution in [0.5, 0.6) is 5.75 Å². The minimum absolute atomic E-state index is 0.00251. The van der Waals surface area contributed by atoms with Gasteiger partial charge in [0.25, 0.3) is 5.56 Å². The van der Waals surface area contributed by atoms with Crippen LogP contribution in [0.4, 0.5) is 0 Å². The summed E-state index contributed by atoms with van der Waals surface area (Å²) in [4.78, 5) is 25.4. The van der Waals surface area contributed by atoms with Gasteiger partial charge in [0, 0.05) is 32.6 Å². The van der Waals surface area contributed by atoms with Crippen LogP contribution in [0.15, 0.2) is 9.27 Å². The summed E-state index contributed by atoms with van der Waals surface area (Å²) in [6.07, 6.45) is 0.233. The lowest BCUT2D eigenvalue weighted by Gasteiger charge is -2.29. The highest BCUT2D eigenvalue weighted by molar-refractivity contribution is 9.10. The predicted octanol–water partition coefficient (Wildman–Crippen LogP) is -0.196. The molecule has 9 heteroatoms. The number of piperazine rings is 1. The van der Waals surface area contributed by atoms with Crippen molar-refractivity contribution in [1.29, 1.82) is 0 Å². The van der Waals surface area contributed by atoms with E-state index in [9.17, 15) is 9.59 Å². The van der Waals surface area contributed by atoms with Crippen molar-refractivity contribution >= 4 is 21.8 Å². The van der Waals surface area contributed by atoms with E-state index in [2.05, 4.69) is 31.4 Å². The molecule has 1 amide bonds. The second-order valence-electron chi connectivity index (χ2n) is 5.15. The Morgan fingerprint density at radius 3 is 3.00 bits per heavy atom. The van der Waals surface area contributed by atoms with Crippen molar-refractivity contribution in [3.8, 4) is 5.75 Å². The van der Waals surface area contributed by atoms with E-state index >= 15 is 0 Å². The van der Waals surface area contributed by atoms with Crippen molar-refractivity contribution in [2.24, 2.45) is 0 Å². The summed E-state index contributed by atoms with van der Waals surface area (Å²) in [5.41, 5.74) is 0.169. The Morgan fingerprint density at radius 2 is 2.23 bits per heavy atom. The van der Waals surface area contributed by atoms with Crippen LogP contribution < -0.4 is 15.6 Å². The number of nitrogens with one attached hydrogen (secondary N) is 2. The number of aromatic nitrogens is 2. The zero-order valence-electron chi connectivity index (χ0n) is 11.9. The fourth-order valence-electron chi connectivity index (χ4n) is 2.53. The molecule has 1 fully saturated rings. The van der Waals surface area contributed by atoms with Gasteiger partial charge in [-0.15, -0.1) is 0 Å². The minimum Gasteiger partial charge on any atom is -0.490 e. The Bertz CT molecular complexity index is 615. The van der Waals surface area contributed by atoms with Crippen LogP contribution in [-0.4, -0.2) is 60.4 Å². The molecular formula is C13H17BrN4O4. The van der Waals surface area contributed by atoms with Crippen LogP contribution >= 0.6 is 15.9 Å². The maximum absolute atomic E-state index is 12.1. The average Bonchev–Trinajstić information content (AvgIpc) is 2.57. The van der Waals surface area contributed by atoms with Crippen LogP contribution in [-0.2, 0) is 9.53 Å². The number of hydrogen-bond acceptors (Lipinski definition) is 6. The smallest absolute Gasteiger partial charge is 0.282 e. The van der Waals surface area contributed by atoms with Gasteiger partial charge in [-0.3, -0.25) is 9.59 Å². The number of H-pyrrole nitrogens is 1. The summed E-state index contributed by atoms with van der Waals surface area (Å²) in [6.45, 7) is 3.43. The van der Waals surface area contributed by atoms with Crippen molar-refractivity contribution in [1.82, 2.24) is 20.4 Å². The fourth-order valence-corrected chi connectivity index (χ4v) is 2.93. The normalized spacial score (nSPS) is 21.1. The van der Waals surface area contributed by atoms with E-state index in [0.29, 0.717) is 42.0 Å². The van der Waals surface area contributed by atoms with Crippen LogP contribution in [0.1, 0.15) is 18.2 Å². The summed E-state index contributed by atoms with van der Waals surface area (Å²) >= 11 is 3.19. The highest BCUT2D eigenvalue weighted by atomic mass is 79.9. The van der Waals surface area contributed by atoms with E-state index in [1.165, 1.54) is 0 Å². The highest BCUT2D eigenvalue weighted by Crippen LogP contribution is 2.35. The molecule has 8 nitrogen and oxygen atoms in total. The number of carbonyl (C=O) groups excluding carboxylic acids is 1. The number of fused-ring (bicyclic) bond motifs is 1. The van der Waals surface area contributed by atoms with E-state index in [4.69, 9.17) is 9.47 Å². The lowest BCUT2D eigenvalue weighted by molar-refractivity contribution is -0.139. The van der Waals surface area contributed by atoms with Gasteiger partial charge < -0.3 is 19.7 Å². The predicted molar refractivity (Wildman–Crippen MR) is 80.8 cm³/mol. The van der Waals surface area contributed by atoms with E-state index in [1.54, 1.807) is 4.90 Å². The molecular weight excluding hydrogens is 356 g/mol. The molecule has 1 aromatic heterocycles. The Morgan fingerprint density at radius 1 is 1.45 bits per heavy atom. The van der Waals surface area contributed by atoms with Crippen molar-refractivity contribution in [3.05, 3.63) is 20.5 Å². The number of hydrogen-bond donors (Lipinski definition) is 2. The van der Waals surface area contributed by atoms with E-state index in [-0.39, 0.29) is 24.2 Å². The molecule has 1 atom stereocenters. The lowest BCUT2D eigenvalue weighted by atomic mass is 10.1. The van der Waals surface area contributed by atoms with Crippen molar-refractivity contribution in [2.75, 3.05) is 39.4 Å². The average molecular weight is 373 g/mol. The van der Waals surface area contributed by atoms with Crippen LogP contribution in [0.2, 0.25) is 0 Å². The molecule has 2 aliphatic heterocycles. The van der Waals surface area contributed by atoms with Gasteiger partial charge in [0.15, 0.2) is 5.75 Å². The quantitative estimate of drug-likeness (QED) is 0.762. The van der Waals surface area contributed by atoms with Crippen LogP contribution in [0.3, 0.4) is 0 Å². The van der Waals surface area contributed by atoms with E-state index in [0.717, 1.165) is 13.1 Å². The summed E-state index contributed by atoms with van der Waals surface area (Å²) in [5, 5.41) is 9.59. The summed E-state index contributed by atoms with van der Waals surface area (Å²) in [5.74, 6) is 0.368. The van der Waals surface area contributed by atoms with Gasteiger partial charge >= 0.3 is 0 Å². The third-order valence-electron chi connectivity index (χ3n) is 3.72. The molecule has 2 aliphatic rings. The first-order valence-corrected chi connectivity index (χ1v) is 7.97. The number of rotatable bonds is 3. The number of nitrogens with zero attached hydrogens (tertiary/aromatic N) is 2. The molecule has 2 N–H and O–H groups in total. The minimum atomic E-state index is -0.358. The number of aromatic amines is 1. The van der Waals surface area contributed by atoms with Gasteiger partial charge in [0.05, 0.1) is 6.61 Å². The molecule has 0 unspecified atom stereocenters. The summed E-state index contributed by atoms with van der Waals surface area (Å²) in [7, 11) is 0. The number of carbonyl (C=O) groups is 1. The molecule has 0 aliphatic carbocycles. The number of ether oxygens (including phenoxy) is 2. The molecule has 3 rings (SSSR count). The van der Waals surface area contributed by atoms with Crippen LogP contribution in [0, 0.1) is 0 Å². The maximum atomic E-state index is 12.1. The number of amides is 1. The lowest BCUT2D eigenvalue weighted by Crippen LogP contribution is -2.47. The fraction of sp³-hybridized carbons (Fsp3) is 0.615. The first kappa shape index (κ1) is 15.4. The largest absolute Gasteiger partial charge is 0.490 e. The zero-order valence-corrected chi connectivity index (χ0v) is 13.5. The Hall–Kier alpha value is -1.45. The molecule has 0 saturated carbocycles. The molecule has 0 aromatic carbocycles. The monoisotopic (exact) mass is 372 g/mol. The molecule has 0 radical (unpaired) electrons. The highest BCUT2D eigenvalue weighted by Gasteiger charge is 2.28. The second kappa shape index (κ2) is 6.76. The SMILES string of the molecule is O=C(CO[C@@H]1CCOc2c1n[nH]c(=O)c2Br)N1CCNCC1. The third kappa shape index (κ3) is 3.16. The van der Waals surface area contributed by atoms with Gasteiger partial charge in [-0.1, -0.05) is 0 Å². The first-order valence-electron chi connectivity index (χ1n) is 7.18. The topological polar surface area (TPSA) is 96.5 Å². The summed E-state index contributed by atoms with van der Waals surface area (Å²) < 4.78 is 11.5. The van der Waals surface area contributed by atoms with Crippen molar-refractivity contribution in [2.45, 2.75) is 12.5 Å². The van der Waals surface area contributed by atoms with Gasteiger partial charge in [-0.2, -0.15) is 5.10 Å². The van der Waals surface area contributed by atoms with Crippen LogP contribution in [0.25, 0.3) is 0 Å². The molecule has 1 aromatic rings. The Balaban J connectivity index is 1.66. The van der Waals surface area contributed by atoms with Gasteiger partial charge in [0.2, 0.25) is 5.91 Å². The third-order valence-corrected chi connectivity index (χ3v) is 4.44. The second-order valence-corrected chi connectivity index (χ2v) is 5.94. The van der Waals surface area contributed by atoms with Crippen molar-refractivity contribution < 1.29 is 14.3 Å². The molecule has 3 heterocycles. The molecule has 120 valence electrons. The Labute approximate surface area is 135 Å². The van der Waals surface area contributed by atoms with Crippen molar-refractivity contribution in [3.63, 3.8) is 0 Å². The summed E-state index contributed by atoms with van der Waals surface area (Å²) in [6, 6.07) is 0. The van der Waals surface area contributed by atoms with Gasteiger partial charge in [-0.05, 0) is 15.9 Å². The molecule has 22 heavy (non-hydrogen) atoms. The number of halogens is 1. The molecule has 1 saturated heterocycles. The van der Waals surface area contributed by atoms with Gasteiger partial charge in [0.1, 0.15) is 22.9 Å². The van der Waals surface area contributed by atoms with E-state index in [1.807, 2.05) is 0 Å². The van der Waals surface area contributed by atoms with Gasteiger partial charge in [-0.25, -0.2) is 5.10 Å². The standard InChI is InChI=1S/C13H17BrN4O4/c14-10-12-11(16-17-13(10)20)8(1-6-21-12)22-7-9(19)18-4-2-15-3-5-18/h8,15H,1-7H2,(H,17,20)/t8-/m1/s1. The first-order chi connectivity index (χ1) is 10.7.